The van der Waals surface area contributed by atoms with Gasteiger partial charge in [0.05, 0.1) is 12.2 Å². The lowest BCUT2D eigenvalue weighted by Gasteiger charge is -2.35. The van der Waals surface area contributed by atoms with Crippen LogP contribution >= 0.6 is 12.4 Å². The Hall–Kier alpha value is -0.920. The molecule has 0 radical (unpaired) electrons. The third-order valence-electron chi connectivity index (χ3n) is 3.66. The summed E-state index contributed by atoms with van der Waals surface area (Å²) in [6.07, 6.45) is -4.55. The molecule has 0 aliphatic carbocycles. The van der Waals surface area contributed by atoms with Gasteiger partial charge in [-0.25, -0.2) is 4.39 Å². The molecule has 2 nitrogen and oxygen atoms in total. The van der Waals surface area contributed by atoms with Gasteiger partial charge in [-0.05, 0) is 24.6 Å². The molecule has 1 heterocycles. The maximum Gasteiger partial charge on any atom is 0.416 e. The van der Waals surface area contributed by atoms with Crippen molar-refractivity contribution in [2.75, 3.05) is 32.9 Å². The van der Waals surface area contributed by atoms with Crippen molar-refractivity contribution in [2.45, 2.75) is 18.6 Å². The predicted molar refractivity (Wildman–Crippen MR) is 76.4 cm³/mol. The van der Waals surface area contributed by atoms with E-state index in [1.165, 1.54) is 0 Å². The van der Waals surface area contributed by atoms with E-state index in [1.807, 2.05) is 4.90 Å². The van der Waals surface area contributed by atoms with Gasteiger partial charge < -0.3 is 5.32 Å². The van der Waals surface area contributed by atoms with Crippen LogP contribution in [-0.4, -0.2) is 37.8 Å². The zero-order valence-electron chi connectivity index (χ0n) is 11.8. The number of alkyl halides is 4. The Labute approximate surface area is 132 Å². The molecular weight excluding hydrogens is 327 g/mol. The smallest absolute Gasteiger partial charge is 0.314 e. The van der Waals surface area contributed by atoms with Crippen LogP contribution in [0.25, 0.3) is 0 Å². The standard InChI is InChI=1S/C14H17F5N2.ClH/c15-4-3-13(21-7-5-20-6-8-21)11-9-10(14(17,18)19)1-2-12(11)16;/h1-2,9,13,20H,3-8H2;1H/t13-;/m0./s1. The van der Waals surface area contributed by atoms with E-state index >= 15 is 0 Å². The van der Waals surface area contributed by atoms with Gasteiger partial charge in [-0.15, -0.1) is 12.4 Å². The molecule has 2 rings (SSSR count). The number of halogens is 6. The number of nitrogens with one attached hydrogen (secondary N) is 1. The molecule has 1 atom stereocenters. The van der Waals surface area contributed by atoms with Crippen LogP contribution in [0.2, 0.25) is 0 Å². The van der Waals surface area contributed by atoms with E-state index in [-0.39, 0.29) is 24.4 Å². The highest BCUT2D eigenvalue weighted by Gasteiger charge is 2.33. The van der Waals surface area contributed by atoms with Gasteiger partial charge >= 0.3 is 6.18 Å². The van der Waals surface area contributed by atoms with Gasteiger partial charge in [0.2, 0.25) is 0 Å². The molecule has 0 bridgehead atoms. The Kier molecular flexibility index (Phi) is 7.02. The van der Waals surface area contributed by atoms with E-state index in [2.05, 4.69) is 5.32 Å². The van der Waals surface area contributed by atoms with Gasteiger partial charge in [0.15, 0.2) is 0 Å². The summed E-state index contributed by atoms with van der Waals surface area (Å²) in [5, 5.41) is 3.10. The van der Waals surface area contributed by atoms with Gasteiger partial charge in [0.25, 0.3) is 0 Å². The Bertz CT molecular complexity index is 475. The van der Waals surface area contributed by atoms with Crippen molar-refractivity contribution in [2.24, 2.45) is 0 Å². The second-order valence-corrected chi connectivity index (χ2v) is 5.01. The lowest BCUT2D eigenvalue weighted by atomic mass is 9.98. The second-order valence-electron chi connectivity index (χ2n) is 5.01. The molecule has 1 aromatic carbocycles. The van der Waals surface area contributed by atoms with E-state index in [0.717, 1.165) is 12.1 Å². The molecule has 0 aromatic heterocycles. The maximum absolute atomic E-state index is 14.0. The lowest BCUT2D eigenvalue weighted by Crippen LogP contribution is -2.45. The molecule has 0 unspecified atom stereocenters. The van der Waals surface area contributed by atoms with E-state index in [9.17, 15) is 22.0 Å². The van der Waals surface area contributed by atoms with Crippen LogP contribution in [0.4, 0.5) is 22.0 Å². The van der Waals surface area contributed by atoms with Crippen LogP contribution in [0.1, 0.15) is 23.6 Å². The number of hydrogen-bond donors (Lipinski definition) is 1. The molecule has 8 heteroatoms. The molecule has 22 heavy (non-hydrogen) atoms. The van der Waals surface area contributed by atoms with Crippen LogP contribution in [0.5, 0.6) is 0 Å². The van der Waals surface area contributed by atoms with Gasteiger partial charge in [0.1, 0.15) is 5.82 Å². The van der Waals surface area contributed by atoms with E-state index in [4.69, 9.17) is 0 Å². The summed E-state index contributed by atoms with van der Waals surface area (Å²) in [7, 11) is 0. The first-order valence-corrected chi connectivity index (χ1v) is 6.81. The van der Waals surface area contributed by atoms with Crippen molar-refractivity contribution >= 4 is 12.4 Å². The third-order valence-corrected chi connectivity index (χ3v) is 3.66. The summed E-state index contributed by atoms with van der Waals surface area (Å²) in [5.41, 5.74) is -0.984. The fourth-order valence-corrected chi connectivity index (χ4v) is 2.61. The maximum atomic E-state index is 14.0. The van der Waals surface area contributed by atoms with Crippen LogP contribution in [0.3, 0.4) is 0 Å². The third kappa shape index (κ3) is 4.54. The highest BCUT2D eigenvalue weighted by atomic mass is 35.5. The molecular formula is C14H18ClF5N2. The summed E-state index contributed by atoms with van der Waals surface area (Å²) in [5.74, 6) is -0.722. The van der Waals surface area contributed by atoms with Crippen molar-refractivity contribution < 1.29 is 22.0 Å². The van der Waals surface area contributed by atoms with Crippen LogP contribution in [-0.2, 0) is 6.18 Å². The van der Waals surface area contributed by atoms with E-state index in [0.29, 0.717) is 32.2 Å². The molecule has 1 fully saturated rings. The van der Waals surface area contributed by atoms with Crippen molar-refractivity contribution in [1.82, 2.24) is 10.2 Å². The zero-order valence-corrected chi connectivity index (χ0v) is 12.6. The van der Waals surface area contributed by atoms with Gasteiger partial charge in [-0.1, -0.05) is 0 Å². The van der Waals surface area contributed by atoms with Gasteiger partial charge in [-0.3, -0.25) is 9.29 Å². The van der Waals surface area contributed by atoms with E-state index < -0.39 is 30.3 Å². The topological polar surface area (TPSA) is 15.3 Å². The quantitative estimate of drug-likeness (QED) is 0.840. The number of rotatable bonds is 4. The number of benzene rings is 1. The first-order valence-electron chi connectivity index (χ1n) is 6.81. The van der Waals surface area contributed by atoms with Crippen molar-refractivity contribution in [3.05, 3.63) is 35.1 Å². The average molecular weight is 345 g/mol. The molecule has 126 valence electrons. The number of nitrogens with zero attached hydrogens (tertiary/aromatic N) is 1. The molecule has 0 amide bonds. The summed E-state index contributed by atoms with van der Waals surface area (Å²) < 4.78 is 65.0. The normalized spacial score (nSPS) is 17.9. The SMILES string of the molecule is Cl.FCC[C@@H](c1cc(C(F)(F)F)ccc1F)N1CCNCC1. The summed E-state index contributed by atoms with van der Waals surface area (Å²) in [6, 6.07) is 1.66. The average Bonchev–Trinajstić information content (AvgIpc) is 2.45. The Morgan fingerprint density at radius 1 is 1.18 bits per heavy atom. The molecule has 1 aromatic rings. The lowest BCUT2D eigenvalue weighted by molar-refractivity contribution is -0.137. The van der Waals surface area contributed by atoms with Crippen LogP contribution in [0, 0.1) is 5.82 Å². The molecule has 0 spiro atoms. The fourth-order valence-electron chi connectivity index (χ4n) is 2.61. The molecule has 1 aliphatic rings. The van der Waals surface area contributed by atoms with Crippen LogP contribution in [0.15, 0.2) is 18.2 Å². The fraction of sp³-hybridized carbons (Fsp3) is 0.571. The predicted octanol–water partition coefficient (Wildman–Crippen LogP) is 3.57. The summed E-state index contributed by atoms with van der Waals surface area (Å²) in [4.78, 5) is 1.83. The molecule has 1 saturated heterocycles. The Morgan fingerprint density at radius 3 is 2.36 bits per heavy atom. The largest absolute Gasteiger partial charge is 0.416 e. The first-order chi connectivity index (χ1) is 9.93. The van der Waals surface area contributed by atoms with Gasteiger partial charge in [-0.2, -0.15) is 13.2 Å². The molecule has 1 aliphatic heterocycles. The highest BCUT2D eigenvalue weighted by Crippen LogP contribution is 2.34. The molecule has 0 saturated carbocycles. The van der Waals surface area contributed by atoms with Crippen molar-refractivity contribution in [3.8, 4) is 0 Å². The summed E-state index contributed by atoms with van der Waals surface area (Å²) >= 11 is 0. The van der Waals surface area contributed by atoms with Crippen molar-refractivity contribution in [1.29, 1.82) is 0 Å². The first kappa shape index (κ1) is 19.1. The highest BCUT2D eigenvalue weighted by molar-refractivity contribution is 5.85. The van der Waals surface area contributed by atoms with Crippen LogP contribution < -0.4 is 5.32 Å². The minimum absolute atomic E-state index is 0. The Morgan fingerprint density at radius 2 is 1.82 bits per heavy atom. The summed E-state index contributed by atoms with van der Waals surface area (Å²) in [6.45, 7) is 1.72. The van der Waals surface area contributed by atoms with Crippen molar-refractivity contribution in [3.63, 3.8) is 0 Å². The minimum Gasteiger partial charge on any atom is -0.314 e. The van der Waals surface area contributed by atoms with E-state index in [1.54, 1.807) is 0 Å². The second kappa shape index (κ2) is 8.08. The zero-order chi connectivity index (χ0) is 15.5. The monoisotopic (exact) mass is 344 g/mol. The minimum atomic E-state index is -4.54. The Balaban J connectivity index is 0.00000242. The number of piperazine rings is 1. The number of hydrogen-bond acceptors (Lipinski definition) is 2. The van der Waals surface area contributed by atoms with Gasteiger partial charge in [0, 0.05) is 37.8 Å². The molecule has 1 N–H and O–H groups in total.